The van der Waals surface area contributed by atoms with Gasteiger partial charge >= 0.3 is 0 Å². The summed E-state index contributed by atoms with van der Waals surface area (Å²) in [6, 6.07) is 8.25. The van der Waals surface area contributed by atoms with Crippen molar-refractivity contribution < 1.29 is 14.6 Å². The molecule has 2 rings (SSSR count). The zero-order valence-electron chi connectivity index (χ0n) is 12.0. The average molecular weight is 318 g/mol. The van der Waals surface area contributed by atoms with Crippen LogP contribution in [0.25, 0.3) is 0 Å². The number of rotatable bonds is 6. The molecule has 2 aromatic rings. The molecule has 0 fully saturated rings. The monoisotopic (exact) mass is 318 g/mol. The Kier molecular flexibility index (Phi) is 4.72. The number of anilines is 2. The molecular weight excluding hydrogens is 304 g/mol. The van der Waals surface area contributed by atoms with Gasteiger partial charge in [-0.2, -0.15) is 0 Å². The lowest BCUT2D eigenvalue weighted by molar-refractivity contribution is -0.385. The van der Waals surface area contributed by atoms with Crippen LogP contribution in [0.5, 0.6) is 0 Å². The maximum Gasteiger partial charge on any atom is 0.271 e. The number of nitro groups is 2. The number of hydrogen-bond acceptors (Lipinski definition) is 7. The quantitative estimate of drug-likeness (QED) is 0.472. The van der Waals surface area contributed by atoms with Crippen LogP contribution in [-0.4, -0.2) is 9.85 Å². The van der Waals surface area contributed by atoms with Crippen LogP contribution in [0.15, 0.2) is 36.4 Å². The van der Waals surface area contributed by atoms with Crippen molar-refractivity contribution in [2.75, 3.05) is 11.5 Å². The van der Waals surface area contributed by atoms with E-state index in [1.54, 1.807) is 0 Å². The fraction of sp³-hybridized carbons (Fsp3) is 0.143. The molecule has 0 saturated heterocycles. The third-order valence-corrected chi connectivity index (χ3v) is 3.20. The molecule has 0 heterocycles. The Labute approximate surface area is 130 Å². The predicted octanol–water partition coefficient (Wildman–Crippen LogP) is 2.38. The van der Waals surface area contributed by atoms with Crippen LogP contribution in [0.2, 0.25) is 0 Å². The third-order valence-electron chi connectivity index (χ3n) is 3.20. The van der Waals surface area contributed by atoms with Crippen molar-refractivity contribution in [3.63, 3.8) is 0 Å². The van der Waals surface area contributed by atoms with Gasteiger partial charge in [-0.3, -0.25) is 20.2 Å². The van der Waals surface area contributed by atoms with Crippen LogP contribution < -0.4 is 11.5 Å². The van der Waals surface area contributed by atoms with Gasteiger partial charge in [-0.25, -0.2) is 0 Å². The van der Waals surface area contributed by atoms with Crippen LogP contribution in [0, 0.1) is 20.2 Å². The van der Waals surface area contributed by atoms with Crippen LogP contribution in [0.1, 0.15) is 11.1 Å². The largest absolute Gasteiger partial charge is 0.398 e. The average Bonchev–Trinajstić information content (AvgIpc) is 2.49. The summed E-state index contributed by atoms with van der Waals surface area (Å²) in [5.41, 5.74) is 13.0. The van der Waals surface area contributed by atoms with Gasteiger partial charge in [0.2, 0.25) is 0 Å². The van der Waals surface area contributed by atoms with Crippen molar-refractivity contribution >= 4 is 22.7 Å². The lowest BCUT2D eigenvalue weighted by Gasteiger charge is -2.09. The molecule has 0 spiro atoms. The first-order chi connectivity index (χ1) is 10.9. The SMILES string of the molecule is Nc1cc([N+](=O)[O-])ccc1COCc1ccc([N+](=O)[O-])cc1N. The van der Waals surface area contributed by atoms with Crippen LogP contribution >= 0.6 is 0 Å². The van der Waals surface area contributed by atoms with E-state index < -0.39 is 9.85 Å². The number of nitro benzene ring substituents is 2. The van der Waals surface area contributed by atoms with Gasteiger partial charge in [0.15, 0.2) is 0 Å². The summed E-state index contributed by atoms with van der Waals surface area (Å²) < 4.78 is 5.47. The minimum atomic E-state index is -0.529. The normalized spacial score (nSPS) is 10.4. The van der Waals surface area contributed by atoms with Gasteiger partial charge in [-0.15, -0.1) is 0 Å². The van der Waals surface area contributed by atoms with Gasteiger partial charge in [0.05, 0.1) is 23.1 Å². The van der Waals surface area contributed by atoms with Crippen molar-refractivity contribution in [1.82, 2.24) is 0 Å². The fourth-order valence-electron chi connectivity index (χ4n) is 1.93. The fourth-order valence-corrected chi connectivity index (χ4v) is 1.93. The standard InChI is InChI=1S/C14H14N4O5/c15-13-5-11(17(19)20)3-1-9(13)7-23-8-10-2-4-12(18(21)22)6-14(10)16/h1-6H,7-8,15-16H2. The van der Waals surface area contributed by atoms with E-state index in [-0.39, 0.29) is 36.0 Å². The molecule has 4 N–H and O–H groups in total. The summed E-state index contributed by atoms with van der Waals surface area (Å²) in [7, 11) is 0. The van der Waals surface area contributed by atoms with Crippen molar-refractivity contribution in [3.8, 4) is 0 Å². The zero-order valence-corrected chi connectivity index (χ0v) is 12.0. The molecule has 0 atom stereocenters. The second-order valence-electron chi connectivity index (χ2n) is 4.77. The molecule has 0 aliphatic heterocycles. The van der Waals surface area contributed by atoms with E-state index in [0.29, 0.717) is 11.1 Å². The van der Waals surface area contributed by atoms with E-state index in [2.05, 4.69) is 0 Å². The lowest BCUT2D eigenvalue weighted by Crippen LogP contribution is -2.02. The second kappa shape index (κ2) is 6.71. The number of nitrogens with zero attached hydrogens (tertiary/aromatic N) is 2. The van der Waals surface area contributed by atoms with Gasteiger partial charge in [-0.1, -0.05) is 0 Å². The van der Waals surface area contributed by atoms with Crippen LogP contribution in [-0.2, 0) is 18.0 Å². The highest BCUT2D eigenvalue weighted by Gasteiger charge is 2.11. The summed E-state index contributed by atoms with van der Waals surface area (Å²) in [5, 5.41) is 21.3. The van der Waals surface area contributed by atoms with Crippen molar-refractivity contribution in [2.24, 2.45) is 0 Å². The van der Waals surface area contributed by atoms with E-state index in [0.717, 1.165) is 0 Å². The molecule has 0 unspecified atom stereocenters. The Morgan fingerprint density at radius 2 is 1.22 bits per heavy atom. The molecule has 0 bridgehead atoms. The molecular formula is C14H14N4O5. The Morgan fingerprint density at radius 3 is 1.52 bits per heavy atom. The Hall–Kier alpha value is -3.20. The molecule has 2 aromatic carbocycles. The number of nitrogen functional groups attached to an aromatic ring is 2. The van der Waals surface area contributed by atoms with E-state index in [4.69, 9.17) is 16.2 Å². The zero-order chi connectivity index (χ0) is 17.0. The molecule has 0 saturated carbocycles. The van der Waals surface area contributed by atoms with E-state index in [1.165, 1.54) is 36.4 Å². The number of nitrogens with two attached hydrogens (primary N) is 2. The minimum Gasteiger partial charge on any atom is -0.398 e. The smallest absolute Gasteiger partial charge is 0.271 e. The summed E-state index contributed by atoms with van der Waals surface area (Å²) in [5.74, 6) is 0. The van der Waals surface area contributed by atoms with Gasteiger partial charge < -0.3 is 16.2 Å². The number of ether oxygens (including phenoxy) is 1. The molecule has 9 heteroatoms. The molecule has 23 heavy (non-hydrogen) atoms. The van der Waals surface area contributed by atoms with E-state index in [9.17, 15) is 20.2 Å². The van der Waals surface area contributed by atoms with Gasteiger partial charge in [-0.05, 0) is 12.1 Å². The number of hydrogen-bond donors (Lipinski definition) is 2. The highest BCUT2D eigenvalue weighted by atomic mass is 16.6. The number of benzene rings is 2. The first-order valence-corrected chi connectivity index (χ1v) is 6.52. The predicted molar refractivity (Wildman–Crippen MR) is 83.5 cm³/mol. The first-order valence-electron chi connectivity index (χ1n) is 6.52. The van der Waals surface area contributed by atoms with E-state index >= 15 is 0 Å². The van der Waals surface area contributed by atoms with Crippen LogP contribution in [0.3, 0.4) is 0 Å². The van der Waals surface area contributed by atoms with Gasteiger partial charge in [0, 0.05) is 46.8 Å². The molecule has 0 amide bonds. The topological polar surface area (TPSA) is 148 Å². The van der Waals surface area contributed by atoms with Gasteiger partial charge in [0.25, 0.3) is 11.4 Å². The maximum atomic E-state index is 10.6. The maximum absolute atomic E-state index is 10.6. The lowest BCUT2D eigenvalue weighted by atomic mass is 10.1. The van der Waals surface area contributed by atoms with Gasteiger partial charge in [0.1, 0.15) is 0 Å². The summed E-state index contributed by atoms with van der Waals surface area (Å²) in [6.45, 7) is 0.278. The van der Waals surface area contributed by atoms with Crippen LogP contribution in [0.4, 0.5) is 22.7 Å². The molecule has 120 valence electrons. The second-order valence-corrected chi connectivity index (χ2v) is 4.77. The highest BCUT2D eigenvalue weighted by molar-refractivity contribution is 5.54. The third kappa shape index (κ3) is 3.92. The molecule has 0 aliphatic carbocycles. The Morgan fingerprint density at radius 1 is 0.826 bits per heavy atom. The first kappa shape index (κ1) is 16.2. The summed E-state index contributed by atoms with van der Waals surface area (Å²) in [6.07, 6.45) is 0. The molecule has 0 aliphatic rings. The number of non-ortho nitro benzene ring substituents is 2. The summed E-state index contributed by atoms with van der Waals surface area (Å²) >= 11 is 0. The van der Waals surface area contributed by atoms with Crippen molar-refractivity contribution in [2.45, 2.75) is 13.2 Å². The van der Waals surface area contributed by atoms with Crippen molar-refractivity contribution in [3.05, 3.63) is 67.8 Å². The molecule has 0 aromatic heterocycles. The molecule has 9 nitrogen and oxygen atoms in total. The Bertz CT molecular complexity index is 699. The highest BCUT2D eigenvalue weighted by Crippen LogP contribution is 2.23. The van der Waals surface area contributed by atoms with E-state index in [1.807, 2.05) is 0 Å². The Balaban J connectivity index is 2.00. The minimum absolute atomic E-state index is 0.0918. The summed E-state index contributed by atoms with van der Waals surface area (Å²) in [4.78, 5) is 20.2. The van der Waals surface area contributed by atoms with Crippen molar-refractivity contribution in [1.29, 1.82) is 0 Å². The molecule has 0 radical (unpaired) electrons.